The summed E-state index contributed by atoms with van der Waals surface area (Å²) in [6.07, 6.45) is 9.95. The van der Waals surface area contributed by atoms with E-state index >= 15 is 0 Å². The molecule has 1 saturated carbocycles. The van der Waals surface area contributed by atoms with E-state index in [9.17, 15) is 0 Å². The monoisotopic (exact) mass is 310 g/mol. The number of rotatable bonds is 4. The van der Waals surface area contributed by atoms with Gasteiger partial charge in [-0.1, -0.05) is 0 Å². The molecule has 2 aromatic rings. The fourth-order valence-electron chi connectivity index (χ4n) is 3.21. The van der Waals surface area contributed by atoms with E-state index in [2.05, 4.69) is 30.2 Å². The van der Waals surface area contributed by atoms with Gasteiger partial charge in [0.2, 0.25) is 0 Å². The minimum absolute atomic E-state index is 0.460. The Morgan fingerprint density at radius 1 is 1.00 bits per heavy atom. The zero-order valence-electron chi connectivity index (χ0n) is 13.4. The van der Waals surface area contributed by atoms with Gasteiger partial charge in [0.25, 0.3) is 0 Å². The van der Waals surface area contributed by atoms with Crippen molar-refractivity contribution >= 4 is 11.6 Å². The first-order valence-electron chi connectivity index (χ1n) is 8.40. The maximum absolute atomic E-state index is 4.61. The molecule has 0 bridgehead atoms. The third-order valence-electron chi connectivity index (χ3n) is 4.62. The van der Waals surface area contributed by atoms with Crippen molar-refractivity contribution in [3.63, 3.8) is 0 Å². The molecule has 0 radical (unpaired) electrons. The largest absolute Gasteiger partial charge is 0.367 e. The molecule has 6 nitrogen and oxygen atoms in total. The Labute approximate surface area is 136 Å². The molecular weight excluding hydrogens is 288 g/mol. The van der Waals surface area contributed by atoms with E-state index in [4.69, 9.17) is 0 Å². The number of nitrogens with one attached hydrogen (secondary N) is 1. The van der Waals surface area contributed by atoms with E-state index < -0.39 is 0 Å². The molecule has 0 spiro atoms. The zero-order valence-corrected chi connectivity index (χ0v) is 13.4. The van der Waals surface area contributed by atoms with Gasteiger partial charge in [-0.2, -0.15) is 0 Å². The predicted molar refractivity (Wildman–Crippen MR) is 89.6 cm³/mol. The lowest BCUT2D eigenvalue weighted by molar-refractivity contribution is 0.520. The standard InChI is InChI=1S/C17H22N6/c1-12-10-15(21-11-20-12)22-14-4-8-23(9-5-14)17-16(13-2-3-13)18-6-7-19-17/h6-7,10-11,13-14H,2-5,8-9H2,1H3,(H,20,21,22). The van der Waals surface area contributed by atoms with Crippen LogP contribution in [-0.4, -0.2) is 39.1 Å². The third kappa shape index (κ3) is 3.25. The summed E-state index contributed by atoms with van der Waals surface area (Å²) in [6.45, 7) is 4.02. The summed E-state index contributed by atoms with van der Waals surface area (Å²) in [5, 5.41) is 3.53. The van der Waals surface area contributed by atoms with Crippen LogP contribution in [0.4, 0.5) is 11.6 Å². The number of aromatic nitrogens is 4. The Kier molecular flexibility index (Phi) is 3.81. The van der Waals surface area contributed by atoms with E-state index in [0.29, 0.717) is 12.0 Å². The van der Waals surface area contributed by atoms with Crippen LogP contribution < -0.4 is 10.2 Å². The van der Waals surface area contributed by atoms with Gasteiger partial charge in [-0.15, -0.1) is 0 Å². The highest BCUT2D eigenvalue weighted by molar-refractivity contribution is 5.47. The molecule has 3 heterocycles. The lowest BCUT2D eigenvalue weighted by Gasteiger charge is -2.34. The predicted octanol–water partition coefficient (Wildman–Crippen LogP) is 2.53. The molecule has 0 atom stereocenters. The lowest BCUT2D eigenvalue weighted by Crippen LogP contribution is -2.40. The Morgan fingerprint density at radius 3 is 2.52 bits per heavy atom. The van der Waals surface area contributed by atoms with E-state index in [0.717, 1.165) is 43.3 Å². The van der Waals surface area contributed by atoms with Gasteiger partial charge in [-0.25, -0.2) is 15.0 Å². The topological polar surface area (TPSA) is 66.8 Å². The maximum Gasteiger partial charge on any atom is 0.150 e. The Bertz CT molecular complexity index is 676. The zero-order chi connectivity index (χ0) is 15.6. The smallest absolute Gasteiger partial charge is 0.150 e. The molecule has 1 aliphatic heterocycles. The highest BCUT2D eigenvalue weighted by atomic mass is 15.2. The molecular formula is C17H22N6. The van der Waals surface area contributed by atoms with E-state index in [1.807, 2.05) is 25.4 Å². The number of hydrogen-bond donors (Lipinski definition) is 1. The molecule has 23 heavy (non-hydrogen) atoms. The van der Waals surface area contributed by atoms with Crippen molar-refractivity contribution in [1.29, 1.82) is 0 Å². The molecule has 2 fully saturated rings. The summed E-state index contributed by atoms with van der Waals surface area (Å²) in [4.78, 5) is 20.0. The van der Waals surface area contributed by atoms with Crippen molar-refractivity contribution in [2.45, 2.75) is 44.6 Å². The van der Waals surface area contributed by atoms with Crippen LogP contribution >= 0.6 is 0 Å². The van der Waals surface area contributed by atoms with Gasteiger partial charge in [-0.05, 0) is 32.6 Å². The molecule has 0 aromatic carbocycles. The Hall–Kier alpha value is -2.24. The highest BCUT2D eigenvalue weighted by Crippen LogP contribution is 2.42. The summed E-state index contributed by atoms with van der Waals surface area (Å²) in [5.41, 5.74) is 2.19. The van der Waals surface area contributed by atoms with Crippen LogP contribution in [0.25, 0.3) is 0 Å². The first-order valence-corrected chi connectivity index (χ1v) is 8.40. The molecule has 1 aliphatic carbocycles. The summed E-state index contributed by atoms with van der Waals surface area (Å²) in [6, 6.07) is 2.46. The van der Waals surface area contributed by atoms with Gasteiger partial charge in [0.05, 0.1) is 5.69 Å². The van der Waals surface area contributed by atoms with Gasteiger partial charge in [0.1, 0.15) is 12.1 Å². The average molecular weight is 310 g/mol. The highest BCUT2D eigenvalue weighted by Gasteiger charge is 2.31. The summed E-state index contributed by atoms with van der Waals surface area (Å²) in [7, 11) is 0. The molecule has 2 aromatic heterocycles. The second-order valence-electron chi connectivity index (χ2n) is 6.49. The van der Waals surface area contributed by atoms with Gasteiger partial charge < -0.3 is 10.2 Å². The SMILES string of the molecule is Cc1cc(NC2CCN(c3nccnc3C3CC3)CC2)ncn1. The van der Waals surface area contributed by atoms with Crippen LogP contribution in [0, 0.1) is 6.92 Å². The Morgan fingerprint density at radius 2 is 1.78 bits per heavy atom. The van der Waals surface area contributed by atoms with Crippen LogP contribution in [0.5, 0.6) is 0 Å². The van der Waals surface area contributed by atoms with Crippen LogP contribution in [0.2, 0.25) is 0 Å². The van der Waals surface area contributed by atoms with Crippen LogP contribution in [0.15, 0.2) is 24.8 Å². The van der Waals surface area contributed by atoms with Crippen molar-refractivity contribution in [1.82, 2.24) is 19.9 Å². The molecule has 0 amide bonds. The second kappa shape index (κ2) is 6.10. The molecule has 6 heteroatoms. The van der Waals surface area contributed by atoms with E-state index in [-0.39, 0.29) is 0 Å². The van der Waals surface area contributed by atoms with Crippen molar-refractivity contribution in [3.8, 4) is 0 Å². The van der Waals surface area contributed by atoms with Crippen LogP contribution in [0.3, 0.4) is 0 Å². The second-order valence-corrected chi connectivity index (χ2v) is 6.49. The number of nitrogens with zero attached hydrogens (tertiary/aromatic N) is 5. The van der Waals surface area contributed by atoms with Crippen molar-refractivity contribution in [2.75, 3.05) is 23.3 Å². The lowest BCUT2D eigenvalue weighted by atomic mass is 10.0. The fraction of sp³-hybridized carbons (Fsp3) is 0.529. The van der Waals surface area contributed by atoms with E-state index in [1.54, 1.807) is 6.33 Å². The molecule has 0 unspecified atom stereocenters. The van der Waals surface area contributed by atoms with E-state index in [1.165, 1.54) is 18.5 Å². The number of anilines is 2. The molecule has 1 saturated heterocycles. The van der Waals surface area contributed by atoms with Gasteiger partial charge in [0, 0.05) is 49.2 Å². The molecule has 1 N–H and O–H groups in total. The molecule has 2 aliphatic rings. The summed E-state index contributed by atoms with van der Waals surface area (Å²) < 4.78 is 0. The number of aryl methyl sites for hydroxylation is 1. The first kappa shape index (κ1) is 14.4. The van der Waals surface area contributed by atoms with Crippen LogP contribution in [-0.2, 0) is 0 Å². The quantitative estimate of drug-likeness (QED) is 0.936. The van der Waals surface area contributed by atoms with Crippen molar-refractivity contribution in [3.05, 3.63) is 36.2 Å². The van der Waals surface area contributed by atoms with Gasteiger partial charge in [0.15, 0.2) is 5.82 Å². The third-order valence-corrected chi connectivity index (χ3v) is 4.62. The fourth-order valence-corrected chi connectivity index (χ4v) is 3.21. The summed E-state index contributed by atoms with van der Waals surface area (Å²) >= 11 is 0. The molecule has 120 valence electrons. The molecule has 4 rings (SSSR count). The first-order chi connectivity index (χ1) is 11.3. The number of hydrogen-bond acceptors (Lipinski definition) is 6. The van der Waals surface area contributed by atoms with Gasteiger partial charge in [-0.3, -0.25) is 4.98 Å². The minimum Gasteiger partial charge on any atom is -0.367 e. The van der Waals surface area contributed by atoms with Crippen LogP contribution in [0.1, 0.15) is 43.0 Å². The van der Waals surface area contributed by atoms with Gasteiger partial charge >= 0.3 is 0 Å². The normalized spacial score (nSPS) is 18.9. The van der Waals surface area contributed by atoms with Crippen molar-refractivity contribution < 1.29 is 0 Å². The Balaban J connectivity index is 1.39. The number of piperidine rings is 1. The average Bonchev–Trinajstić information content (AvgIpc) is 3.41. The minimum atomic E-state index is 0.460. The maximum atomic E-state index is 4.61. The van der Waals surface area contributed by atoms with Crippen molar-refractivity contribution in [2.24, 2.45) is 0 Å². The summed E-state index contributed by atoms with van der Waals surface area (Å²) in [5.74, 6) is 2.67.